The van der Waals surface area contributed by atoms with E-state index in [1.165, 1.54) is 0 Å². The summed E-state index contributed by atoms with van der Waals surface area (Å²) in [6.07, 6.45) is 4.79. The van der Waals surface area contributed by atoms with Crippen molar-refractivity contribution in [3.63, 3.8) is 0 Å². The molecule has 118 valence electrons. The molecule has 0 radical (unpaired) electrons. The molecule has 1 aliphatic rings. The number of likely N-dealkylation sites (tertiary alicyclic amines) is 1. The second-order valence-corrected chi connectivity index (χ2v) is 6.75. The Kier molecular flexibility index (Phi) is 4.18. The van der Waals surface area contributed by atoms with Crippen molar-refractivity contribution in [1.82, 2.24) is 24.2 Å². The molecule has 0 aromatic carbocycles. The van der Waals surface area contributed by atoms with E-state index < -0.39 is 0 Å². The van der Waals surface area contributed by atoms with Crippen molar-refractivity contribution in [2.45, 2.75) is 19.3 Å². The molecule has 7 heteroatoms. The molecule has 0 spiro atoms. The maximum absolute atomic E-state index is 11.9. The van der Waals surface area contributed by atoms with Crippen LogP contribution in [0.5, 0.6) is 0 Å². The monoisotopic (exact) mass is 365 g/mol. The van der Waals surface area contributed by atoms with Crippen LogP contribution < -0.4 is 0 Å². The lowest BCUT2D eigenvalue weighted by Crippen LogP contribution is -2.35. The third-order valence-electron chi connectivity index (χ3n) is 4.22. The Bertz CT molecular complexity index is 711. The fraction of sp³-hybridized carbons (Fsp3) is 0.533. The molecule has 1 atom stereocenters. The topological polar surface area (TPSA) is 53.7 Å². The van der Waals surface area contributed by atoms with E-state index in [0.29, 0.717) is 12.5 Å². The van der Waals surface area contributed by atoms with Crippen LogP contribution in [0, 0.1) is 6.92 Å². The van der Waals surface area contributed by atoms with Crippen molar-refractivity contribution < 1.29 is 4.79 Å². The van der Waals surface area contributed by atoms with Crippen LogP contribution in [0.25, 0.3) is 5.52 Å². The summed E-state index contributed by atoms with van der Waals surface area (Å²) in [6.45, 7) is 4.27. The molecule has 22 heavy (non-hydrogen) atoms. The van der Waals surface area contributed by atoms with E-state index in [1.54, 1.807) is 19.0 Å². The molecule has 1 amide bonds. The molecule has 3 heterocycles. The molecule has 6 nitrogen and oxygen atoms in total. The van der Waals surface area contributed by atoms with Crippen LogP contribution in [0.4, 0.5) is 0 Å². The van der Waals surface area contributed by atoms with Crippen molar-refractivity contribution in [3.8, 4) is 0 Å². The lowest BCUT2D eigenvalue weighted by atomic mass is 10.1. The van der Waals surface area contributed by atoms with Gasteiger partial charge in [-0.2, -0.15) is 0 Å². The van der Waals surface area contributed by atoms with Gasteiger partial charge in [-0.15, -0.1) is 0 Å². The SMILES string of the molecule is Cc1nccn2c(C3CCN(CC(=O)N(C)C)C3)nc(Br)c12. The number of imidazole rings is 1. The highest BCUT2D eigenvalue weighted by molar-refractivity contribution is 9.10. The number of likely N-dealkylation sites (N-methyl/N-ethyl adjacent to an activating group) is 1. The summed E-state index contributed by atoms with van der Waals surface area (Å²) in [6, 6.07) is 0. The molecule has 2 aromatic heterocycles. The molecule has 1 unspecified atom stereocenters. The summed E-state index contributed by atoms with van der Waals surface area (Å²) in [5.41, 5.74) is 1.99. The molecule has 2 aromatic rings. The highest BCUT2D eigenvalue weighted by atomic mass is 79.9. The van der Waals surface area contributed by atoms with Gasteiger partial charge in [0.2, 0.25) is 5.91 Å². The summed E-state index contributed by atoms with van der Waals surface area (Å²) in [4.78, 5) is 24.7. The molecule has 0 N–H and O–H groups in total. The normalized spacial score (nSPS) is 19.0. The van der Waals surface area contributed by atoms with Crippen molar-refractivity contribution in [3.05, 3.63) is 28.5 Å². The Morgan fingerprint density at radius 1 is 1.50 bits per heavy atom. The van der Waals surface area contributed by atoms with E-state index in [9.17, 15) is 4.79 Å². The third kappa shape index (κ3) is 2.75. The zero-order chi connectivity index (χ0) is 15.9. The van der Waals surface area contributed by atoms with Crippen LogP contribution in [0.2, 0.25) is 0 Å². The van der Waals surface area contributed by atoms with Gasteiger partial charge in [0.1, 0.15) is 15.9 Å². The Balaban J connectivity index is 1.82. The first-order chi connectivity index (χ1) is 10.5. The Labute approximate surface area is 138 Å². The molecule has 1 saturated heterocycles. The Morgan fingerprint density at radius 3 is 3.00 bits per heavy atom. The standard InChI is InChI=1S/C15H20BrN5O/c1-10-13-14(16)18-15(21(13)7-5-17-10)11-4-6-20(8-11)9-12(22)19(2)3/h5,7,11H,4,6,8-9H2,1-3H3. The molecule has 1 aliphatic heterocycles. The van der Waals surface area contributed by atoms with Crippen molar-refractivity contribution in [1.29, 1.82) is 0 Å². The lowest BCUT2D eigenvalue weighted by molar-refractivity contribution is -0.129. The van der Waals surface area contributed by atoms with E-state index in [0.717, 1.165) is 41.1 Å². The van der Waals surface area contributed by atoms with E-state index >= 15 is 0 Å². The number of halogens is 1. The predicted molar refractivity (Wildman–Crippen MR) is 87.9 cm³/mol. The molecule has 3 rings (SSSR count). The first-order valence-electron chi connectivity index (χ1n) is 7.39. The van der Waals surface area contributed by atoms with Gasteiger partial charge in [-0.05, 0) is 35.8 Å². The van der Waals surface area contributed by atoms with Gasteiger partial charge in [0.25, 0.3) is 0 Å². The minimum Gasteiger partial charge on any atom is -0.348 e. The van der Waals surface area contributed by atoms with Gasteiger partial charge < -0.3 is 4.90 Å². The van der Waals surface area contributed by atoms with E-state index in [1.807, 2.05) is 19.3 Å². The summed E-state index contributed by atoms with van der Waals surface area (Å²) >= 11 is 3.54. The van der Waals surface area contributed by atoms with E-state index in [4.69, 9.17) is 4.98 Å². The summed E-state index contributed by atoms with van der Waals surface area (Å²) in [5, 5.41) is 0. The number of aromatic nitrogens is 3. The molecule has 0 bridgehead atoms. The minimum atomic E-state index is 0.148. The number of amides is 1. The smallest absolute Gasteiger partial charge is 0.236 e. The minimum absolute atomic E-state index is 0.148. The number of fused-ring (bicyclic) bond motifs is 1. The van der Waals surface area contributed by atoms with Crippen LogP contribution in [0.3, 0.4) is 0 Å². The average Bonchev–Trinajstić information content (AvgIpc) is 3.04. The fourth-order valence-corrected chi connectivity index (χ4v) is 3.64. The van der Waals surface area contributed by atoms with Gasteiger partial charge in [0.15, 0.2) is 0 Å². The van der Waals surface area contributed by atoms with Crippen LogP contribution in [-0.4, -0.2) is 63.8 Å². The van der Waals surface area contributed by atoms with E-state index in [-0.39, 0.29) is 5.91 Å². The van der Waals surface area contributed by atoms with Gasteiger partial charge >= 0.3 is 0 Å². The largest absolute Gasteiger partial charge is 0.348 e. The highest BCUT2D eigenvalue weighted by Crippen LogP contribution is 2.30. The van der Waals surface area contributed by atoms with Gasteiger partial charge in [0, 0.05) is 39.0 Å². The number of rotatable bonds is 3. The quantitative estimate of drug-likeness (QED) is 0.830. The van der Waals surface area contributed by atoms with Gasteiger partial charge in [-0.3, -0.25) is 19.1 Å². The van der Waals surface area contributed by atoms with Gasteiger partial charge in [-0.25, -0.2) is 4.98 Å². The fourth-order valence-electron chi connectivity index (χ4n) is 2.98. The first kappa shape index (κ1) is 15.4. The van der Waals surface area contributed by atoms with Crippen LogP contribution in [0.1, 0.15) is 23.9 Å². The summed E-state index contributed by atoms with van der Waals surface area (Å²) in [5.74, 6) is 1.54. The molecular weight excluding hydrogens is 346 g/mol. The zero-order valence-corrected chi connectivity index (χ0v) is 14.7. The molecule has 0 aliphatic carbocycles. The van der Waals surface area contributed by atoms with Crippen molar-refractivity contribution in [2.75, 3.05) is 33.7 Å². The molecular formula is C15H20BrN5O. The lowest BCUT2D eigenvalue weighted by Gasteiger charge is -2.18. The molecule has 0 saturated carbocycles. The van der Waals surface area contributed by atoms with Crippen LogP contribution in [0.15, 0.2) is 17.0 Å². The Hall–Kier alpha value is -1.47. The van der Waals surface area contributed by atoms with Crippen LogP contribution in [-0.2, 0) is 4.79 Å². The maximum atomic E-state index is 11.9. The van der Waals surface area contributed by atoms with Crippen molar-refractivity contribution >= 4 is 27.4 Å². The highest BCUT2D eigenvalue weighted by Gasteiger charge is 2.29. The predicted octanol–water partition coefficient (Wildman–Crippen LogP) is 1.68. The summed E-state index contributed by atoms with van der Waals surface area (Å²) in [7, 11) is 3.59. The number of carbonyl (C=O) groups is 1. The zero-order valence-electron chi connectivity index (χ0n) is 13.1. The number of hydrogen-bond donors (Lipinski definition) is 0. The summed E-state index contributed by atoms with van der Waals surface area (Å²) < 4.78 is 2.96. The average molecular weight is 366 g/mol. The van der Waals surface area contributed by atoms with Gasteiger partial charge in [0.05, 0.1) is 12.2 Å². The number of hydrogen-bond acceptors (Lipinski definition) is 4. The number of aryl methyl sites for hydroxylation is 1. The second-order valence-electron chi connectivity index (χ2n) is 6.00. The van der Waals surface area contributed by atoms with E-state index in [2.05, 4.69) is 30.2 Å². The maximum Gasteiger partial charge on any atom is 0.236 e. The Morgan fingerprint density at radius 2 is 2.27 bits per heavy atom. The first-order valence-corrected chi connectivity index (χ1v) is 8.18. The molecule has 1 fully saturated rings. The number of nitrogens with zero attached hydrogens (tertiary/aromatic N) is 5. The van der Waals surface area contributed by atoms with Crippen molar-refractivity contribution in [2.24, 2.45) is 0 Å². The van der Waals surface area contributed by atoms with Gasteiger partial charge in [-0.1, -0.05) is 0 Å². The third-order valence-corrected chi connectivity index (χ3v) is 4.77. The second kappa shape index (κ2) is 5.96. The van der Waals surface area contributed by atoms with Crippen LogP contribution >= 0.6 is 15.9 Å². The number of carbonyl (C=O) groups excluding carboxylic acids is 1.